The van der Waals surface area contributed by atoms with Crippen LogP contribution in [0.4, 0.5) is 0 Å². The number of hydrogen-bond donors (Lipinski definition) is 0. The Balaban J connectivity index is 1.82. The lowest BCUT2D eigenvalue weighted by atomic mass is 9.77. The van der Waals surface area contributed by atoms with Crippen molar-refractivity contribution in [2.45, 2.75) is 57.2 Å². The summed E-state index contributed by atoms with van der Waals surface area (Å²) in [6, 6.07) is 2.45. The highest BCUT2D eigenvalue weighted by molar-refractivity contribution is 5.80. The Morgan fingerprint density at radius 1 is 1.43 bits per heavy atom. The SMILES string of the molecule is CC[C@H]1N(Cc2ccoc2)CCC[C@]12CCC(=O)N2CCOC. The number of likely N-dealkylation sites (tertiary alicyclic amines) is 2. The van der Waals surface area contributed by atoms with Crippen LogP contribution >= 0.6 is 0 Å². The van der Waals surface area contributed by atoms with Crippen molar-refractivity contribution in [2.75, 3.05) is 26.8 Å². The van der Waals surface area contributed by atoms with Gasteiger partial charge in [0.1, 0.15) is 0 Å². The Bertz CT molecular complexity index is 516. The first kappa shape index (κ1) is 16.5. The van der Waals surface area contributed by atoms with Crippen LogP contribution in [0.15, 0.2) is 23.0 Å². The summed E-state index contributed by atoms with van der Waals surface area (Å²) in [4.78, 5) is 17.2. The monoisotopic (exact) mass is 320 g/mol. The number of nitrogens with zero attached hydrogens (tertiary/aromatic N) is 2. The van der Waals surface area contributed by atoms with Gasteiger partial charge in [0.15, 0.2) is 0 Å². The number of piperidine rings is 1. The summed E-state index contributed by atoms with van der Waals surface area (Å²) in [5.41, 5.74) is 1.21. The first-order valence-electron chi connectivity index (χ1n) is 8.76. The van der Waals surface area contributed by atoms with Crippen LogP contribution in [-0.4, -0.2) is 54.1 Å². The molecule has 0 aromatic carbocycles. The minimum Gasteiger partial charge on any atom is -0.472 e. The molecule has 0 bridgehead atoms. The van der Waals surface area contributed by atoms with Gasteiger partial charge in [0.25, 0.3) is 0 Å². The number of hydrogen-bond acceptors (Lipinski definition) is 4. The molecule has 5 nitrogen and oxygen atoms in total. The minimum absolute atomic E-state index is 0.00759. The Hall–Kier alpha value is -1.33. The Morgan fingerprint density at radius 3 is 3.00 bits per heavy atom. The van der Waals surface area contributed by atoms with Gasteiger partial charge in [-0.3, -0.25) is 9.69 Å². The lowest BCUT2D eigenvalue weighted by Gasteiger charge is -2.52. The van der Waals surface area contributed by atoms with Crippen molar-refractivity contribution in [2.24, 2.45) is 0 Å². The molecule has 2 atom stereocenters. The molecule has 0 unspecified atom stereocenters. The molecular formula is C18H28N2O3. The molecule has 3 rings (SSSR count). The standard InChI is InChI=1S/C18H28N2O3/c1-3-16-18(8-5-17(21)20(18)10-12-22-2)7-4-9-19(16)13-15-6-11-23-14-15/h6,11,14,16H,3-5,7-10,12-13H2,1-2H3/t16-,18+/m1/s1. The molecule has 1 aromatic heterocycles. The van der Waals surface area contributed by atoms with E-state index in [0.717, 1.165) is 38.8 Å². The topological polar surface area (TPSA) is 45.9 Å². The lowest BCUT2D eigenvalue weighted by Crippen LogP contribution is -2.63. The van der Waals surface area contributed by atoms with Crippen LogP contribution in [0.25, 0.3) is 0 Å². The highest BCUT2D eigenvalue weighted by Gasteiger charge is 2.52. The van der Waals surface area contributed by atoms with E-state index in [0.29, 0.717) is 31.5 Å². The van der Waals surface area contributed by atoms with Crippen LogP contribution in [0.1, 0.15) is 44.6 Å². The smallest absolute Gasteiger partial charge is 0.223 e. The largest absolute Gasteiger partial charge is 0.472 e. The van der Waals surface area contributed by atoms with E-state index in [1.165, 1.54) is 5.56 Å². The van der Waals surface area contributed by atoms with E-state index < -0.39 is 0 Å². The molecule has 0 N–H and O–H groups in total. The van der Waals surface area contributed by atoms with Gasteiger partial charge >= 0.3 is 0 Å². The molecule has 2 aliphatic rings. The van der Waals surface area contributed by atoms with Crippen LogP contribution in [0.2, 0.25) is 0 Å². The van der Waals surface area contributed by atoms with Gasteiger partial charge in [-0.25, -0.2) is 0 Å². The second kappa shape index (κ2) is 7.05. The van der Waals surface area contributed by atoms with Gasteiger partial charge in [-0.1, -0.05) is 6.92 Å². The number of furan rings is 1. The molecule has 2 saturated heterocycles. The Morgan fingerprint density at radius 2 is 2.30 bits per heavy atom. The summed E-state index contributed by atoms with van der Waals surface area (Å²) in [6.07, 6.45) is 8.55. The first-order valence-corrected chi connectivity index (χ1v) is 8.76. The highest BCUT2D eigenvalue weighted by atomic mass is 16.5. The highest BCUT2D eigenvalue weighted by Crippen LogP contribution is 2.43. The van der Waals surface area contributed by atoms with Crippen molar-refractivity contribution in [3.05, 3.63) is 24.2 Å². The van der Waals surface area contributed by atoms with Crippen molar-refractivity contribution in [3.8, 4) is 0 Å². The molecule has 1 spiro atoms. The average Bonchev–Trinajstić information content (AvgIpc) is 3.16. The molecular weight excluding hydrogens is 292 g/mol. The van der Waals surface area contributed by atoms with Gasteiger partial charge in [-0.2, -0.15) is 0 Å². The van der Waals surface area contributed by atoms with E-state index >= 15 is 0 Å². The second-order valence-electron chi connectivity index (χ2n) is 6.77. The summed E-state index contributed by atoms with van der Waals surface area (Å²) in [6.45, 7) is 5.58. The van der Waals surface area contributed by atoms with E-state index in [4.69, 9.17) is 9.15 Å². The van der Waals surface area contributed by atoms with E-state index in [2.05, 4.69) is 16.7 Å². The van der Waals surface area contributed by atoms with Crippen molar-refractivity contribution in [1.82, 2.24) is 9.80 Å². The molecule has 3 heterocycles. The molecule has 0 saturated carbocycles. The second-order valence-corrected chi connectivity index (χ2v) is 6.77. The molecule has 23 heavy (non-hydrogen) atoms. The number of carbonyl (C=O) groups is 1. The maximum Gasteiger partial charge on any atom is 0.223 e. The predicted octanol–water partition coefficient (Wildman–Crippen LogP) is 2.66. The first-order chi connectivity index (χ1) is 11.2. The van der Waals surface area contributed by atoms with E-state index in [1.54, 1.807) is 13.4 Å². The van der Waals surface area contributed by atoms with Crippen LogP contribution in [0, 0.1) is 0 Å². The fourth-order valence-electron chi connectivity index (χ4n) is 4.67. The minimum atomic E-state index is -0.00759. The van der Waals surface area contributed by atoms with Crippen molar-refractivity contribution >= 4 is 5.91 Å². The van der Waals surface area contributed by atoms with Crippen LogP contribution in [0.3, 0.4) is 0 Å². The number of amides is 1. The predicted molar refractivity (Wildman–Crippen MR) is 88.0 cm³/mol. The van der Waals surface area contributed by atoms with E-state index in [-0.39, 0.29) is 5.54 Å². The zero-order valence-corrected chi connectivity index (χ0v) is 14.3. The number of ether oxygens (including phenoxy) is 1. The van der Waals surface area contributed by atoms with Crippen molar-refractivity contribution in [3.63, 3.8) is 0 Å². The Kier molecular flexibility index (Phi) is 5.07. The number of methoxy groups -OCH3 is 1. The normalized spacial score (nSPS) is 28.9. The maximum absolute atomic E-state index is 12.5. The van der Waals surface area contributed by atoms with Gasteiger partial charge in [0.05, 0.1) is 24.7 Å². The molecule has 1 aromatic rings. The molecule has 1 amide bonds. The summed E-state index contributed by atoms with van der Waals surface area (Å²) < 4.78 is 10.5. The van der Waals surface area contributed by atoms with E-state index in [1.807, 2.05) is 12.3 Å². The van der Waals surface area contributed by atoms with Crippen LogP contribution in [-0.2, 0) is 16.1 Å². The zero-order chi connectivity index (χ0) is 16.3. The van der Waals surface area contributed by atoms with Crippen molar-refractivity contribution < 1.29 is 13.9 Å². The molecule has 2 aliphatic heterocycles. The summed E-state index contributed by atoms with van der Waals surface area (Å²) in [5.74, 6) is 0.297. The van der Waals surface area contributed by atoms with Gasteiger partial charge in [-0.05, 0) is 38.3 Å². The lowest BCUT2D eigenvalue weighted by molar-refractivity contribution is -0.136. The zero-order valence-electron chi connectivity index (χ0n) is 14.3. The summed E-state index contributed by atoms with van der Waals surface area (Å²) >= 11 is 0. The molecule has 0 aliphatic carbocycles. The number of carbonyl (C=O) groups excluding carboxylic acids is 1. The fourth-order valence-corrected chi connectivity index (χ4v) is 4.67. The third kappa shape index (κ3) is 3.04. The molecule has 128 valence electrons. The third-order valence-corrected chi connectivity index (χ3v) is 5.60. The summed E-state index contributed by atoms with van der Waals surface area (Å²) in [7, 11) is 1.70. The van der Waals surface area contributed by atoms with Gasteiger partial charge in [0.2, 0.25) is 5.91 Å². The fraction of sp³-hybridized carbons (Fsp3) is 0.722. The van der Waals surface area contributed by atoms with Gasteiger partial charge < -0.3 is 14.1 Å². The third-order valence-electron chi connectivity index (χ3n) is 5.60. The molecule has 0 radical (unpaired) electrons. The maximum atomic E-state index is 12.5. The van der Waals surface area contributed by atoms with Crippen LogP contribution in [0.5, 0.6) is 0 Å². The average molecular weight is 320 g/mol. The van der Waals surface area contributed by atoms with Crippen molar-refractivity contribution in [1.29, 1.82) is 0 Å². The number of rotatable bonds is 6. The van der Waals surface area contributed by atoms with E-state index in [9.17, 15) is 4.79 Å². The summed E-state index contributed by atoms with van der Waals surface area (Å²) in [5, 5.41) is 0. The van der Waals surface area contributed by atoms with Gasteiger partial charge in [0, 0.05) is 38.2 Å². The van der Waals surface area contributed by atoms with Gasteiger partial charge in [-0.15, -0.1) is 0 Å². The molecule has 2 fully saturated rings. The quantitative estimate of drug-likeness (QED) is 0.808. The molecule has 5 heteroatoms. The van der Waals surface area contributed by atoms with Crippen LogP contribution < -0.4 is 0 Å². The Labute approximate surface area is 138 Å².